The molecule has 1 spiro atoms. The van der Waals surface area contributed by atoms with Gasteiger partial charge in [-0.2, -0.15) is 0 Å². The van der Waals surface area contributed by atoms with Crippen molar-refractivity contribution in [1.29, 1.82) is 0 Å². The molecule has 34 heavy (non-hydrogen) atoms. The molecule has 2 aliphatic carbocycles. The van der Waals surface area contributed by atoms with Crippen LogP contribution < -0.4 is 14.8 Å². The van der Waals surface area contributed by atoms with Gasteiger partial charge in [-0.3, -0.25) is 14.5 Å². The Bertz CT molecular complexity index is 973. The van der Waals surface area contributed by atoms with E-state index >= 15 is 0 Å². The number of rotatable bonds is 6. The molecule has 0 bridgehead atoms. The molecule has 184 valence electrons. The van der Waals surface area contributed by atoms with Gasteiger partial charge in [-0.15, -0.1) is 0 Å². The van der Waals surface area contributed by atoms with Gasteiger partial charge in [0.25, 0.3) is 5.91 Å². The van der Waals surface area contributed by atoms with E-state index in [1.165, 1.54) is 11.3 Å². The first-order chi connectivity index (χ1) is 16.4. The number of hydrogen-bond donors (Lipinski definition) is 1. The zero-order chi connectivity index (χ0) is 23.9. The van der Waals surface area contributed by atoms with Gasteiger partial charge >= 0.3 is 6.03 Å². The summed E-state index contributed by atoms with van der Waals surface area (Å²) in [5.74, 6) is 2.17. The van der Waals surface area contributed by atoms with Gasteiger partial charge in [0.1, 0.15) is 5.54 Å². The van der Waals surface area contributed by atoms with Crippen molar-refractivity contribution in [3.05, 3.63) is 23.8 Å². The maximum Gasteiger partial charge on any atom is 0.325 e. The Morgan fingerprint density at radius 2 is 1.88 bits per heavy atom. The van der Waals surface area contributed by atoms with Gasteiger partial charge in [0, 0.05) is 25.6 Å². The number of carbonyl (C=O) groups is 3. The van der Waals surface area contributed by atoms with E-state index in [4.69, 9.17) is 9.47 Å². The zero-order valence-electron chi connectivity index (χ0n) is 20.2. The molecule has 3 unspecified atom stereocenters. The van der Waals surface area contributed by atoms with Gasteiger partial charge in [-0.1, -0.05) is 45.6 Å². The number of nitrogens with zero attached hydrogens (tertiary/aromatic N) is 2. The molecule has 0 radical (unpaired) electrons. The molecule has 4 aliphatic rings. The first-order valence-corrected chi connectivity index (χ1v) is 12.7. The normalized spacial score (nSPS) is 27.4. The van der Waals surface area contributed by atoms with Crippen LogP contribution in [0.5, 0.6) is 11.5 Å². The minimum absolute atomic E-state index is 0.0170. The number of fused-ring (bicyclic) bond motifs is 1. The molecule has 2 aliphatic heterocycles. The van der Waals surface area contributed by atoms with Gasteiger partial charge in [-0.25, -0.2) is 4.79 Å². The number of hydrogen-bond acceptors (Lipinski definition) is 5. The Hall–Kier alpha value is -2.77. The molecule has 1 aromatic rings. The van der Waals surface area contributed by atoms with Crippen LogP contribution in [0.3, 0.4) is 0 Å². The summed E-state index contributed by atoms with van der Waals surface area (Å²) in [5.41, 5.74) is 0.252. The molecule has 4 amide bonds. The molecular weight excluding hydrogens is 434 g/mol. The van der Waals surface area contributed by atoms with Gasteiger partial charge in [-0.05, 0) is 48.8 Å². The summed E-state index contributed by atoms with van der Waals surface area (Å²) in [6.07, 6.45) is 6.64. The number of amides is 4. The number of urea groups is 1. The molecule has 2 heterocycles. The molecular formula is C26H35N3O5. The highest BCUT2D eigenvalue weighted by Crippen LogP contribution is 2.37. The Labute approximate surface area is 200 Å². The molecule has 8 nitrogen and oxygen atoms in total. The van der Waals surface area contributed by atoms with Crippen molar-refractivity contribution >= 4 is 17.8 Å². The quantitative estimate of drug-likeness (QED) is 0.640. The second-order valence-corrected chi connectivity index (χ2v) is 10.5. The van der Waals surface area contributed by atoms with Gasteiger partial charge in [0.05, 0.1) is 0 Å². The predicted octanol–water partition coefficient (Wildman–Crippen LogP) is 3.82. The minimum atomic E-state index is -0.736. The highest BCUT2D eigenvalue weighted by atomic mass is 16.7. The van der Waals surface area contributed by atoms with Crippen LogP contribution in [0.25, 0.3) is 0 Å². The molecule has 1 saturated heterocycles. The van der Waals surface area contributed by atoms with E-state index in [0.29, 0.717) is 37.0 Å². The van der Waals surface area contributed by atoms with Crippen LogP contribution in [0.4, 0.5) is 4.79 Å². The first kappa shape index (κ1) is 23.0. The van der Waals surface area contributed by atoms with E-state index in [1.54, 1.807) is 0 Å². The van der Waals surface area contributed by atoms with E-state index in [2.05, 4.69) is 19.2 Å². The van der Waals surface area contributed by atoms with Crippen LogP contribution in [0.1, 0.15) is 70.8 Å². The number of ether oxygens (including phenoxy) is 2. The number of carbonyl (C=O) groups excluding carboxylic acids is 3. The van der Waals surface area contributed by atoms with E-state index in [9.17, 15) is 14.4 Å². The van der Waals surface area contributed by atoms with Gasteiger partial charge < -0.3 is 19.7 Å². The number of imide groups is 1. The van der Waals surface area contributed by atoms with Crippen molar-refractivity contribution in [2.75, 3.05) is 13.3 Å². The zero-order valence-corrected chi connectivity index (χ0v) is 20.2. The maximum absolute atomic E-state index is 13.6. The molecule has 2 saturated carbocycles. The lowest BCUT2D eigenvalue weighted by Gasteiger charge is -2.42. The molecule has 8 heteroatoms. The fourth-order valence-electron chi connectivity index (χ4n) is 6.17. The molecule has 1 aromatic carbocycles. The first-order valence-electron chi connectivity index (χ1n) is 12.7. The van der Waals surface area contributed by atoms with Gasteiger partial charge in [0.15, 0.2) is 11.5 Å². The number of nitrogens with one attached hydrogen (secondary N) is 1. The van der Waals surface area contributed by atoms with Crippen molar-refractivity contribution in [1.82, 2.24) is 15.1 Å². The smallest absolute Gasteiger partial charge is 0.325 e. The Balaban J connectivity index is 1.31. The summed E-state index contributed by atoms with van der Waals surface area (Å²) in [5, 5.41) is 2.91. The third kappa shape index (κ3) is 4.12. The average molecular weight is 470 g/mol. The standard InChI is InChI=1S/C26H35N3O5/c1-17-6-5-7-20(18(17)2)29(15-19-8-9-21-22(14-19)34-16-33-21)23(30)10-13-28-24(31)26(27-25(28)32)11-3-4-12-26/h8-9,14,17-18,20H,3-7,10-13,15-16H2,1-2H3,(H,27,32). The van der Waals surface area contributed by atoms with E-state index in [0.717, 1.165) is 37.0 Å². The summed E-state index contributed by atoms with van der Waals surface area (Å²) < 4.78 is 11.0. The largest absolute Gasteiger partial charge is 0.454 e. The van der Waals surface area contributed by atoms with Crippen LogP contribution in [-0.2, 0) is 16.1 Å². The van der Waals surface area contributed by atoms with Crippen molar-refractivity contribution in [2.24, 2.45) is 11.8 Å². The SMILES string of the molecule is CC1CCCC(N(Cc2ccc3c(c2)OCO3)C(=O)CCN2C(=O)NC3(CCCC3)C2=O)C1C. The minimum Gasteiger partial charge on any atom is -0.454 e. The maximum atomic E-state index is 13.6. The van der Waals surface area contributed by atoms with Crippen LogP contribution in [0.2, 0.25) is 0 Å². The molecule has 0 aromatic heterocycles. The van der Waals surface area contributed by atoms with E-state index < -0.39 is 5.54 Å². The summed E-state index contributed by atoms with van der Waals surface area (Å²) in [7, 11) is 0. The van der Waals surface area contributed by atoms with E-state index in [1.807, 2.05) is 23.1 Å². The van der Waals surface area contributed by atoms with Crippen molar-refractivity contribution in [3.8, 4) is 11.5 Å². The third-order valence-electron chi connectivity index (χ3n) is 8.43. The second-order valence-electron chi connectivity index (χ2n) is 10.5. The predicted molar refractivity (Wildman–Crippen MR) is 125 cm³/mol. The molecule has 5 rings (SSSR count). The summed E-state index contributed by atoms with van der Waals surface area (Å²) in [6.45, 7) is 5.30. The molecule has 1 N–H and O–H groups in total. The van der Waals surface area contributed by atoms with E-state index in [-0.39, 0.29) is 43.6 Å². The summed E-state index contributed by atoms with van der Waals surface area (Å²) >= 11 is 0. The third-order valence-corrected chi connectivity index (χ3v) is 8.43. The summed E-state index contributed by atoms with van der Waals surface area (Å²) in [4.78, 5) is 42.4. The van der Waals surface area contributed by atoms with Crippen LogP contribution in [0, 0.1) is 11.8 Å². The lowest BCUT2D eigenvalue weighted by Crippen LogP contribution is -2.48. The van der Waals surface area contributed by atoms with Crippen molar-refractivity contribution in [3.63, 3.8) is 0 Å². The molecule has 3 atom stereocenters. The lowest BCUT2D eigenvalue weighted by atomic mass is 9.77. The summed E-state index contributed by atoms with van der Waals surface area (Å²) in [6, 6.07) is 5.58. The monoisotopic (exact) mass is 469 g/mol. The average Bonchev–Trinajstić information content (AvgIpc) is 3.53. The van der Waals surface area contributed by atoms with Crippen LogP contribution in [0.15, 0.2) is 18.2 Å². The lowest BCUT2D eigenvalue weighted by molar-refractivity contribution is -0.137. The topological polar surface area (TPSA) is 88.2 Å². The Morgan fingerprint density at radius 1 is 1.12 bits per heavy atom. The van der Waals surface area contributed by atoms with Crippen LogP contribution >= 0.6 is 0 Å². The van der Waals surface area contributed by atoms with Crippen LogP contribution in [-0.4, -0.2) is 52.6 Å². The van der Waals surface area contributed by atoms with Crippen molar-refractivity contribution < 1.29 is 23.9 Å². The highest BCUT2D eigenvalue weighted by Gasteiger charge is 2.52. The number of benzene rings is 1. The second kappa shape index (κ2) is 9.12. The Morgan fingerprint density at radius 3 is 2.68 bits per heavy atom. The Kier molecular flexibility index (Phi) is 6.16. The highest BCUT2D eigenvalue weighted by molar-refractivity contribution is 6.07. The molecule has 3 fully saturated rings. The van der Waals surface area contributed by atoms with Gasteiger partial charge in [0.2, 0.25) is 12.7 Å². The fourth-order valence-corrected chi connectivity index (χ4v) is 6.17. The fraction of sp³-hybridized carbons (Fsp3) is 0.654. The van der Waals surface area contributed by atoms with Crippen molar-refractivity contribution in [2.45, 2.75) is 83.3 Å².